The summed E-state index contributed by atoms with van der Waals surface area (Å²) < 4.78 is 37.6. The molecule has 1 N–H and O–H groups in total. The first kappa shape index (κ1) is 14.0. The highest BCUT2D eigenvalue weighted by atomic mass is 35.5. The molecule has 0 aliphatic heterocycles. The molecule has 1 aromatic heterocycles. The molecule has 110 valence electrons. The highest BCUT2D eigenvalue weighted by Gasteiger charge is 2.41. The fraction of sp³-hybridized carbons (Fsp3) is 0.643. The van der Waals surface area contributed by atoms with Gasteiger partial charge in [-0.1, -0.05) is 11.6 Å². The summed E-state index contributed by atoms with van der Waals surface area (Å²) >= 11 is 5.88. The highest BCUT2D eigenvalue weighted by molar-refractivity contribution is 6.32. The monoisotopic (exact) mass is 304 g/mol. The van der Waals surface area contributed by atoms with E-state index in [9.17, 15) is 13.2 Å². The summed E-state index contributed by atoms with van der Waals surface area (Å²) in [6.07, 6.45) is 1.53. The molecule has 0 spiro atoms. The van der Waals surface area contributed by atoms with Crippen molar-refractivity contribution in [3.8, 4) is 0 Å². The lowest BCUT2D eigenvalue weighted by Gasteiger charge is -2.17. The van der Waals surface area contributed by atoms with Crippen LogP contribution in [0.4, 0.5) is 19.0 Å². The van der Waals surface area contributed by atoms with Crippen molar-refractivity contribution in [1.29, 1.82) is 0 Å². The lowest BCUT2D eigenvalue weighted by atomic mass is 9.98. The van der Waals surface area contributed by atoms with E-state index in [0.29, 0.717) is 11.7 Å². The molecule has 0 aromatic carbocycles. The van der Waals surface area contributed by atoms with Crippen LogP contribution in [0.25, 0.3) is 0 Å². The van der Waals surface area contributed by atoms with Crippen LogP contribution in [0.1, 0.15) is 31.2 Å². The maximum absolute atomic E-state index is 12.5. The van der Waals surface area contributed by atoms with Crippen LogP contribution in [0.2, 0.25) is 5.02 Å². The number of nitrogens with zero attached hydrogens (tertiary/aromatic N) is 1. The quantitative estimate of drug-likeness (QED) is 0.860. The van der Waals surface area contributed by atoms with E-state index in [1.807, 2.05) is 0 Å². The van der Waals surface area contributed by atoms with Crippen molar-refractivity contribution in [3.63, 3.8) is 0 Å². The normalized spacial score (nSPS) is 19.4. The maximum atomic E-state index is 12.5. The third-order valence-electron chi connectivity index (χ3n) is 4.13. The summed E-state index contributed by atoms with van der Waals surface area (Å²) in [5.74, 6) is 2.53. The van der Waals surface area contributed by atoms with Crippen molar-refractivity contribution in [2.24, 2.45) is 17.8 Å². The van der Waals surface area contributed by atoms with Crippen molar-refractivity contribution in [2.75, 3.05) is 11.9 Å². The van der Waals surface area contributed by atoms with Gasteiger partial charge in [-0.15, -0.1) is 0 Å². The van der Waals surface area contributed by atoms with Gasteiger partial charge in [0.2, 0.25) is 0 Å². The summed E-state index contributed by atoms with van der Waals surface area (Å²) in [4.78, 5) is 3.81. The Bertz CT molecular complexity index is 484. The number of rotatable bonds is 5. The summed E-state index contributed by atoms with van der Waals surface area (Å²) in [7, 11) is 0. The molecule has 2 nitrogen and oxygen atoms in total. The molecule has 2 fully saturated rings. The lowest BCUT2D eigenvalue weighted by molar-refractivity contribution is -0.137. The molecule has 2 saturated carbocycles. The molecule has 0 amide bonds. The van der Waals surface area contributed by atoms with Gasteiger partial charge in [-0.25, -0.2) is 4.98 Å². The van der Waals surface area contributed by atoms with Crippen molar-refractivity contribution in [2.45, 2.75) is 31.9 Å². The molecule has 20 heavy (non-hydrogen) atoms. The standard InChI is InChI=1S/C14H16ClF3N2/c15-12-5-10(14(16,17)18)6-19-13(12)20-7-11(8-1-2-8)9-3-4-9/h5-6,8-9,11H,1-4,7H2,(H,19,20). The number of anilines is 1. The first-order valence-corrected chi connectivity index (χ1v) is 7.29. The minimum absolute atomic E-state index is 0.0326. The second-order valence-electron chi connectivity index (χ2n) is 5.77. The van der Waals surface area contributed by atoms with Gasteiger partial charge in [-0.05, 0) is 49.5 Å². The molecule has 2 aliphatic carbocycles. The van der Waals surface area contributed by atoms with Gasteiger partial charge in [0.15, 0.2) is 0 Å². The van der Waals surface area contributed by atoms with Gasteiger partial charge in [0, 0.05) is 12.7 Å². The molecule has 0 bridgehead atoms. The minimum Gasteiger partial charge on any atom is -0.369 e. The number of nitrogens with one attached hydrogen (secondary N) is 1. The van der Waals surface area contributed by atoms with Crippen LogP contribution in [0.3, 0.4) is 0 Å². The molecule has 0 radical (unpaired) electrons. The number of hydrogen-bond donors (Lipinski definition) is 1. The predicted molar refractivity (Wildman–Crippen MR) is 71.7 cm³/mol. The average molecular weight is 305 g/mol. The minimum atomic E-state index is -4.40. The molecule has 2 aliphatic rings. The summed E-state index contributed by atoms with van der Waals surface area (Å²) in [5.41, 5.74) is -0.811. The van der Waals surface area contributed by atoms with Gasteiger partial charge >= 0.3 is 6.18 Å². The zero-order valence-corrected chi connectivity index (χ0v) is 11.6. The topological polar surface area (TPSA) is 24.9 Å². The Balaban J connectivity index is 1.65. The van der Waals surface area contributed by atoms with E-state index in [4.69, 9.17) is 11.6 Å². The summed E-state index contributed by atoms with van der Waals surface area (Å²) in [5, 5.41) is 3.16. The number of hydrogen-bond acceptors (Lipinski definition) is 2. The number of halogens is 4. The predicted octanol–water partition coefficient (Wildman–Crippen LogP) is 4.60. The van der Waals surface area contributed by atoms with Crippen LogP contribution in [-0.4, -0.2) is 11.5 Å². The van der Waals surface area contributed by atoms with Crippen molar-refractivity contribution < 1.29 is 13.2 Å². The fourth-order valence-electron chi connectivity index (χ4n) is 2.70. The van der Waals surface area contributed by atoms with Crippen molar-refractivity contribution >= 4 is 17.4 Å². The Hall–Kier alpha value is -0.970. The number of pyridine rings is 1. The van der Waals surface area contributed by atoms with Crippen molar-refractivity contribution in [3.05, 3.63) is 22.8 Å². The van der Waals surface area contributed by atoms with Crippen LogP contribution < -0.4 is 5.32 Å². The summed E-state index contributed by atoms with van der Waals surface area (Å²) in [6, 6.07) is 0.931. The third kappa shape index (κ3) is 3.19. The maximum Gasteiger partial charge on any atom is 0.417 e. The first-order valence-electron chi connectivity index (χ1n) is 6.92. The van der Waals surface area contributed by atoms with E-state index < -0.39 is 11.7 Å². The molecule has 3 rings (SSSR count). The van der Waals surface area contributed by atoms with Gasteiger partial charge in [-0.3, -0.25) is 0 Å². The van der Waals surface area contributed by atoms with E-state index in [1.54, 1.807) is 0 Å². The van der Waals surface area contributed by atoms with E-state index in [1.165, 1.54) is 25.7 Å². The van der Waals surface area contributed by atoms with E-state index >= 15 is 0 Å². The second-order valence-corrected chi connectivity index (χ2v) is 6.18. The van der Waals surface area contributed by atoms with Crippen molar-refractivity contribution in [1.82, 2.24) is 4.98 Å². The zero-order valence-electron chi connectivity index (χ0n) is 10.9. The Morgan fingerprint density at radius 2 is 1.85 bits per heavy atom. The third-order valence-corrected chi connectivity index (χ3v) is 4.42. The van der Waals surface area contributed by atoms with Crippen LogP contribution in [0, 0.1) is 17.8 Å². The average Bonchev–Trinajstić information content (AvgIpc) is 3.24. The molecular weight excluding hydrogens is 289 g/mol. The van der Waals surface area contributed by atoms with Gasteiger partial charge < -0.3 is 5.32 Å². The van der Waals surface area contributed by atoms with Gasteiger partial charge in [-0.2, -0.15) is 13.2 Å². The number of aromatic nitrogens is 1. The molecular formula is C14H16ClF3N2. The molecule has 0 saturated heterocycles. The van der Waals surface area contributed by atoms with Crippen LogP contribution in [0.15, 0.2) is 12.3 Å². The molecule has 6 heteroatoms. The zero-order chi connectivity index (χ0) is 14.3. The van der Waals surface area contributed by atoms with Crippen LogP contribution in [0.5, 0.6) is 0 Å². The van der Waals surface area contributed by atoms with Gasteiger partial charge in [0.25, 0.3) is 0 Å². The van der Waals surface area contributed by atoms with E-state index in [2.05, 4.69) is 10.3 Å². The highest BCUT2D eigenvalue weighted by Crippen LogP contribution is 2.49. The van der Waals surface area contributed by atoms with Gasteiger partial charge in [0.05, 0.1) is 10.6 Å². The molecule has 1 aromatic rings. The molecule has 0 atom stereocenters. The van der Waals surface area contributed by atoms with Crippen LogP contribution >= 0.6 is 11.6 Å². The molecule has 0 unspecified atom stereocenters. The number of alkyl halides is 3. The van der Waals surface area contributed by atoms with Crippen LogP contribution in [-0.2, 0) is 6.18 Å². The SMILES string of the molecule is FC(F)(F)c1cnc(NCC(C2CC2)C2CC2)c(Cl)c1. The Morgan fingerprint density at radius 3 is 2.30 bits per heavy atom. The van der Waals surface area contributed by atoms with Gasteiger partial charge in [0.1, 0.15) is 5.82 Å². The Kier molecular flexibility index (Phi) is 3.56. The molecule has 1 heterocycles. The largest absolute Gasteiger partial charge is 0.417 e. The Labute approximate surface area is 120 Å². The Morgan fingerprint density at radius 1 is 1.25 bits per heavy atom. The van der Waals surface area contributed by atoms with E-state index in [0.717, 1.165) is 30.6 Å². The van der Waals surface area contributed by atoms with E-state index in [-0.39, 0.29) is 5.02 Å². The summed E-state index contributed by atoms with van der Waals surface area (Å²) in [6.45, 7) is 0.757. The lowest BCUT2D eigenvalue weighted by Crippen LogP contribution is -2.19. The first-order chi connectivity index (χ1) is 9.45. The smallest absolute Gasteiger partial charge is 0.369 e. The second kappa shape index (κ2) is 5.10. The fourth-order valence-corrected chi connectivity index (χ4v) is 2.94.